The number of aromatic nitrogens is 2. The Hall–Kier alpha value is -2.14. The molecule has 0 unspecified atom stereocenters. The van der Waals surface area contributed by atoms with E-state index in [1.807, 2.05) is 30.3 Å². The Morgan fingerprint density at radius 2 is 2.00 bits per heavy atom. The molecular formula is C16H20N4O. The Morgan fingerprint density at radius 1 is 1.19 bits per heavy atom. The maximum atomic E-state index is 5.79. The summed E-state index contributed by atoms with van der Waals surface area (Å²) in [5.41, 5.74) is 8.57. The summed E-state index contributed by atoms with van der Waals surface area (Å²) in [6.45, 7) is 2.46. The van der Waals surface area contributed by atoms with Gasteiger partial charge in [-0.1, -0.05) is 12.1 Å². The van der Waals surface area contributed by atoms with Gasteiger partial charge in [-0.15, -0.1) is 0 Å². The zero-order valence-corrected chi connectivity index (χ0v) is 12.2. The quantitative estimate of drug-likeness (QED) is 0.932. The number of nitrogens with two attached hydrogens (primary N) is 1. The van der Waals surface area contributed by atoms with Crippen molar-refractivity contribution in [3.63, 3.8) is 0 Å². The molecule has 110 valence electrons. The fraction of sp³-hybridized carbons (Fsp3) is 0.375. The third kappa shape index (κ3) is 2.97. The minimum atomic E-state index is 0.417. The van der Waals surface area contributed by atoms with Gasteiger partial charge in [-0.05, 0) is 31.0 Å². The van der Waals surface area contributed by atoms with E-state index in [1.165, 1.54) is 12.8 Å². The summed E-state index contributed by atoms with van der Waals surface area (Å²) in [5, 5.41) is 0. The maximum Gasteiger partial charge on any atom is 0.226 e. The fourth-order valence-electron chi connectivity index (χ4n) is 2.58. The molecule has 3 rings (SSSR count). The molecule has 1 fully saturated rings. The summed E-state index contributed by atoms with van der Waals surface area (Å²) in [6, 6.07) is 9.85. The van der Waals surface area contributed by atoms with E-state index >= 15 is 0 Å². The summed E-state index contributed by atoms with van der Waals surface area (Å²) in [7, 11) is 1.67. The number of anilines is 1. The monoisotopic (exact) mass is 284 g/mol. The Labute approximate surface area is 124 Å². The van der Waals surface area contributed by atoms with Crippen LogP contribution in [0.1, 0.15) is 18.5 Å². The van der Waals surface area contributed by atoms with Crippen molar-refractivity contribution in [3.8, 4) is 17.0 Å². The highest BCUT2D eigenvalue weighted by Crippen LogP contribution is 2.25. The fourth-order valence-corrected chi connectivity index (χ4v) is 2.58. The van der Waals surface area contributed by atoms with Gasteiger partial charge < -0.3 is 15.4 Å². The maximum absolute atomic E-state index is 5.79. The van der Waals surface area contributed by atoms with Crippen molar-refractivity contribution in [1.82, 2.24) is 9.97 Å². The number of rotatable bonds is 4. The van der Waals surface area contributed by atoms with Crippen LogP contribution in [0.15, 0.2) is 30.3 Å². The number of benzene rings is 1. The first-order chi connectivity index (χ1) is 10.3. The van der Waals surface area contributed by atoms with E-state index in [-0.39, 0.29) is 0 Å². The van der Waals surface area contributed by atoms with Gasteiger partial charge in [-0.25, -0.2) is 9.97 Å². The molecule has 0 atom stereocenters. The first kappa shape index (κ1) is 13.8. The second kappa shape index (κ2) is 6.10. The molecule has 0 spiro atoms. The molecule has 5 nitrogen and oxygen atoms in total. The molecule has 1 aliphatic heterocycles. The van der Waals surface area contributed by atoms with Gasteiger partial charge in [0, 0.05) is 25.2 Å². The van der Waals surface area contributed by atoms with Gasteiger partial charge in [-0.3, -0.25) is 0 Å². The van der Waals surface area contributed by atoms with Crippen molar-refractivity contribution in [2.24, 2.45) is 5.73 Å². The van der Waals surface area contributed by atoms with Crippen LogP contribution >= 0.6 is 0 Å². The Morgan fingerprint density at radius 3 is 2.71 bits per heavy atom. The molecule has 1 saturated heterocycles. The average Bonchev–Trinajstić information content (AvgIpc) is 3.09. The number of hydrogen-bond acceptors (Lipinski definition) is 5. The zero-order chi connectivity index (χ0) is 14.7. The van der Waals surface area contributed by atoms with E-state index < -0.39 is 0 Å². The molecule has 2 aromatic rings. The first-order valence-electron chi connectivity index (χ1n) is 7.27. The van der Waals surface area contributed by atoms with E-state index in [0.717, 1.165) is 41.7 Å². The van der Waals surface area contributed by atoms with Crippen LogP contribution in [0.2, 0.25) is 0 Å². The van der Waals surface area contributed by atoms with Crippen LogP contribution in [-0.4, -0.2) is 30.2 Å². The van der Waals surface area contributed by atoms with Gasteiger partial charge in [0.1, 0.15) is 5.75 Å². The molecule has 1 aliphatic rings. The largest absolute Gasteiger partial charge is 0.497 e. The molecule has 5 heteroatoms. The molecule has 21 heavy (non-hydrogen) atoms. The third-order valence-corrected chi connectivity index (χ3v) is 3.73. The molecule has 1 aromatic heterocycles. The first-order valence-corrected chi connectivity index (χ1v) is 7.27. The van der Waals surface area contributed by atoms with Crippen LogP contribution < -0.4 is 15.4 Å². The van der Waals surface area contributed by atoms with Gasteiger partial charge in [0.2, 0.25) is 5.95 Å². The number of nitrogens with zero attached hydrogens (tertiary/aromatic N) is 3. The van der Waals surface area contributed by atoms with E-state index in [1.54, 1.807) is 7.11 Å². The van der Waals surface area contributed by atoms with Gasteiger partial charge >= 0.3 is 0 Å². The highest BCUT2D eigenvalue weighted by atomic mass is 16.5. The van der Waals surface area contributed by atoms with Crippen LogP contribution in [-0.2, 0) is 6.54 Å². The number of methoxy groups -OCH3 is 1. The Balaban J connectivity index is 2.02. The standard InChI is InChI=1S/C16H20N4O/c1-21-14-6-4-5-12(9-14)15-10-13(11-17)18-16(19-15)20-7-2-3-8-20/h4-6,9-10H,2-3,7-8,11,17H2,1H3. The lowest BCUT2D eigenvalue weighted by Crippen LogP contribution is -2.21. The molecule has 0 saturated carbocycles. The van der Waals surface area contributed by atoms with Crippen LogP contribution in [0, 0.1) is 0 Å². The predicted octanol–water partition coefficient (Wildman–Crippen LogP) is 2.21. The SMILES string of the molecule is COc1cccc(-c2cc(CN)nc(N3CCCC3)n2)c1. The van der Waals surface area contributed by atoms with Gasteiger partial charge in [0.25, 0.3) is 0 Å². The lowest BCUT2D eigenvalue weighted by atomic mass is 10.1. The van der Waals surface area contributed by atoms with Crippen molar-refractivity contribution in [2.75, 3.05) is 25.1 Å². The Bertz CT molecular complexity index is 623. The van der Waals surface area contributed by atoms with Gasteiger partial charge in [0.05, 0.1) is 18.5 Å². The molecule has 1 aromatic carbocycles. The lowest BCUT2D eigenvalue weighted by Gasteiger charge is -2.17. The second-order valence-corrected chi connectivity index (χ2v) is 5.17. The van der Waals surface area contributed by atoms with Crippen molar-refractivity contribution in [3.05, 3.63) is 36.0 Å². The third-order valence-electron chi connectivity index (χ3n) is 3.73. The topological polar surface area (TPSA) is 64.3 Å². The highest BCUT2D eigenvalue weighted by Gasteiger charge is 2.17. The summed E-state index contributed by atoms with van der Waals surface area (Å²) in [5.74, 6) is 1.61. The summed E-state index contributed by atoms with van der Waals surface area (Å²) in [6.07, 6.45) is 2.40. The van der Waals surface area contributed by atoms with Crippen LogP contribution in [0.5, 0.6) is 5.75 Å². The van der Waals surface area contributed by atoms with Crippen LogP contribution in [0.4, 0.5) is 5.95 Å². The predicted molar refractivity (Wildman–Crippen MR) is 83.4 cm³/mol. The molecule has 2 heterocycles. The van der Waals surface area contributed by atoms with Crippen molar-refractivity contribution >= 4 is 5.95 Å². The molecule has 0 radical (unpaired) electrons. The van der Waals surface area contributed by atoms with Gasteiger partial charge in [0.15, 0.2) is 0 Å². The Kier molecular flexibility index (Phi) is 4.01. The van der Waals surface area contributed by atoms with E-state index in [2.05, 4.69) is 9.88 Å². The summed E-state index contributed by atoms with van der Waals surface area (Å²) >= 11 is 0. The van der Waals surface area contributed by atoms with Gasteiger partial charge in [-0.2, -0.15) is 0 Å². The zero-order valence-electron chi connectivity index (χ0n) is 12.2. The highest BCUT2D eigenvalue weighted by molar-refractivity contribution is 5.63. The molecule has 0 aliphatic carbocycles. The summed E-state index contributed by atoms with van der Waals surface area (Å²) < 4.78 is 5.28. The smallest absolute Gasteiger partial charge is 0.226 e. The molecule has 2 N–H and O–H groups in total. The van der Waals surface area contributed by atoms with E-state index in [0.29, 0.717) is 6.54 Å². The van der Waals surface area contributed by atoms with Crippen LogP contribution in [0.3, 0.4) is 0 Å². The average molecular weight is 284 g/mol. The number of ether oxygens (including phenoxy) is 1. The van der Waals surface area contributed by atoms with E-state index in [4.69, 9.17) is 15.5 Å². The summed E-state index contributed by atoms with van der Waals surface area (Å²) in [4.78, 5) is 11.5. The van der Waals surface area contributed by atoms with E-state index in [9.17, 15) is 0 Å². The normalized spacial score (nSPS) is 14.5. The van der Waals surface area contributed by atoms with Crippen molar-refractivity contribution in [2.45, 2.75) is 19.4 Å². The van der Waals surface area contributed by atoms with Crippen molar-refractivity contribution < 1.29 is 4.74 Å². The minimum absolute atomic E-state index is 0.417. The molecule has 0 bridgehead atoms. The lowest BCUT2D eigenvalue weighted by molar-refractivity contribution is 0.415. The molecular weight excluding hydrogens is 264 g/mol. The minimum Gasteiger partial charge on any atom is -0.497 e. The molecule has 0 amide bonds. The van der Waals surface area contributed by atoms with Crippen LogP contribution in [0.25, 0.3) is 11.3 Å². The number of hydrogen-bond donors (Lipinski definition) is 1. The van der Waals surface area contributed by atoms with Crippen molar-refractivity contribution in [1.29, 1.82) is 0 Å². The second-order valence-electron chi connectivity index (χ2n) is 5.17.